The van der Waals surface area contributed by atoms with Crippen LogP contribution in [0.25, 0.3) is 0 Å². The Hall–Kier alpha value is -1.95. The number of aromatic nitrogens is 1. The zero-order valence-electron chi connectivity index (χ0n) is 11.1. The molecule has 6 nitrogen and oxygen atoms in total. The molecule has 1 heterocycles. The van der Waals surface area contributed by atoms with Crippen LogP contribution >= 0.6 is 0 Å². The smallest absolute Gasteiger partial charge is 0.337 e. The predicted octanol–water partition coefficient (Wildman–Crippen LogP) is 0.933. The van der Waals surface area contributed by atoms with E-state index in [2.05, 4.69) is 4.98 Å². The Bertz CT molecular complexity index is 468. The molecule has 1 aromatic heterocycles. The van der Waals surface area contributed by atoms with Crippen LogP contribution in [0, 0.1) is 6.92 Å². The molecule has 1 rings (SSSR count). The predicted molar refractivity (Wildman–Crippen MR) is 69.2 cm³/mol. The molecule has 0 aliphatic rings. The molecule has 0 spiro atoms. The molecule has 0 aliphatic heterocycles. The van der Waals surface area contributed by atoms with E-state index in [0.717, 1.165) is 6.42 Å². The normalized spacial score (nSPS) is 10.3. The number of amides is 1. The summed E-state index contributed by atoms with van der Waals surface area (Å²) in [6, 6.07) is 2.78. The average Bonchev–Trinajstić information content (AvgIpc) is 2.37. The second-order valence-corrected chi connectivity index (χ2v) is 4.15. The SMILES string of the molecule is CCCN(CCO)C(=O)c1ccc(C(=O)O)c(C)n1. The molecule has 2 N–H and O–H groups in total. The number of nitrogens with zero attached hydrogens (tertiary/aromatic N) is 2. The van der Waals surface area contributed by atoms with Gasteiger partial charge >= 0.3 is 5.97 Å². The topological polar surface area (TPSA) is 90.7 Å². The van der Waals surface area contributed by atoms with Crippen molar-refractivity contribution in [2.75, 3.05) is 19.7 Å². The van der Waals surface area contributed by atoms with Crippen LogP contribution in [0.3, 0.4) is 0 Å². The molecule has 6 heteroatoms. The Morgan fingerprint density at radius 1 is 1.32 bits per heavy atom. The van der Waals surface area contributed by atoms with E-state index < -0.39 is 5.97 Å². The largest absolute Gasteiger partial charge is 0.478 e. The zero-order valence-corrected chi connectivity index (χ0v) is 11.1. The first-order valence-electron chi connectivity index (χ1n) is 6.12. The molecule has 0 bridgehead atoms. The highest BCUT2D eigenvalue weighted by atomic mass is 16.4. The molecular formula is C13H18N2O4. The average molecular weight is 266 g/mol. The number of hydrogen-bond acceptors (Lipinski definition) is 4. The third-order valence-electron chi connectivity index (χ3n) is 2.69. The third kappa shape index (κ3) is 3.75. The number of aliphatic hydroxyl groups is 1. The number of carbonyl (C=O) groups is 2. The van der Waals surface area contributed by atoms with Gasteiger partial charge in [-0.05, 0) is 25.5 Å². The van der Waals surface area contributed by atoms with Crippen LogP contribution in [0.1, 0.15) is 39.9 Å². The van der Waals surface area contributed by atoms with E-state index in [4.69, 9.17) is 10.2 Å². The second kappa shape index (κ2) is 6.84. The van der Waals surface area contributed by atoms with E-state index in [0.29, 0.717) is 12.2 Å². The molecule has 0 aromatic carbocycles. The maximum Gasteiger partial charge on any atom is 0.337 e. The highest BCUT2D eigenvalue weighted by Gasteiger charge is 2.18. The molecule has 104 valence electrons. The fraction of sp³-hybridized carbons (Fsp3) is 0.462. The monoisotopic (exact) mass is 266 g/mol. The van der Waals surface area contributed by atoms with E-state index in [9.17, 15) is 9.59 Å². The van der Waals surface area contributed by atoms with Crippen LogP contribution in [0.5, 0.6) is 0 Å². The van der Waals surface area contributed by atoms with Crippen LogP contribution < -0.4 is 0 Å². The molecule has 0 unspecified atom stereocenters. The summed E-state index contributed by atoms with van der Waals surface area (Å²) in [6.07, 6.45) is 0.776. The van der Waals surface area contributed by atoms with Crippen LogP contribution in [-0.2, 0) is 0 Å². The van der Waals surface area contributed by atoms with E-state index in [1.807, 2.05) is 6.92 Å². The van der Waals surface area contributed by atoms with Gasteiger partial charge in [-0.25, -0.2) is 9.78 Å². The van der Waals surface area contributed by atoms with Crippen molar-refractivity contribution >= 4 is 11.9 Å². The van der Waals surface area contributed by atoms with Crippen molar-refractivity contribution in [3.63, 3.8) is 0 Å². The molecule has 0 aliphatic carbocycles. The standard InChI is InChI=1S/C13H18N2O4/c1-3-6-15(7-8-16)12(17)11-5-4-10(13(18)19)9(2)14-11/h4-5,16H,3,6-8H2,1-2H3,(H,18,19). The lowest BCUT2D eigenvalue weighted by molar-refractivity contribution is 0.0688. The number of carboxylic acids is 1. The Morgan fingerprint density at radius 3 is 2.47 bits per heavy atom. The first-order valence-corrected chi connectivity index (χ1v) is 6.12. The first kappa shape index (κ1) is 15.1. The van der Waals surface area contributed by atoms with Crippen LogP contribution in [-0.4, -0.2) is 51.7 Å². The Labute approximate surface area is 111 Å². The number of aliphatic hydroxyl groups excluding tert-OH is 1. The zero-order chi connectivity index (χ0) is 14.4. The summed E-state index contributed by atoms with van der Waals surface area (Å²) >= 11 is 0. The Morgan fingerprint density at radius 2 is 2.00 bits per heavy atom. The maximum atomic E-state index is 12.2. The lowest BCUT2D eigenvalue weighted by atomic mass is 10.1. The van der Waals surface area contributed by atoms with Crippen molar-refractivity contribution < 1.29 is 19.8 Å². The van der Waals surface area contributed by atoms with E-state index in [1.165, 1.54) is 17.0 Å². The van der Waals surface area contributed by atoms with Crippen molar-refractivity contribution in [3.05, 3.63) is 29.1 Å². The summed E-state index contributed by atoms with van der Waals surface area (Å²) in [6.45, 7) is 4.15. The van der Waals surface area contributed by atoms with Gasteiger partial charge in [-0.3, -0.25) is 4.79 Å². The van der Waals surface area contributed by atoms with Gasteiger partial charge in [-0.2, -0.15) is 0 Å². The van der Waals surface area contributed by atoms with Gasteiger partial charge in [-0.15, -0.1) is 0 Å². The van der Waals surface area contributed by atoms with Crippen LogP contribution in [0.4, 0.5) is 0 Å². The number of carbonyl (C=O) groups excluding carboxylic acids is 1. The highest BCUT2D eigenvalue weighted by Crippen LogP contribution is 2.09. The van der Waals surface area contributed by atoms with E-state index in [1.54, 1.807) is 6.92 Å². The summed E-state index contributed by atoms with van der Waals surface area (Å²) in [7, 11) is 0. The minimum Gasteiger partial charge on any atom is -0.478 e. The van der Waals surface area contributed by atoms with Gasteiger partial charge in [0.25, 0.3) is 5.91 Å². The van der Waals surface area contributed by atoms with Gasteiger partial charge in [0.05, 0.1) is 17.9 Å². The molecular weight excluding hydrogens is 248 g/mol. The van der Waals surface area contributed by atoms with E-state index in [-0.39, 0.29) is 30.3 Å². The van der Waals surface area contributed by atoms with Crippen LogP contribution in [0.2, 0.25) is 0 Å². The van der Waals surface area contributed by atoms with Gasteiger partial charge in [0, 0.05) is 13.1 Å². The van der Waals surface area contributed by atoms with Gasteiger partial charge in [0.15, 0.2) is 0 Å². The number of carboxylic acid groups (broad SMARTS) is 1. The molecule has 0 saturated heterocycles. The van der Waals surface area contributed by atoms with Crippen molar-refractivity contribution in [2.45, 2.75) is 20.3 Å². The number of hydrogen-bond donors (Lipinski definition) is 2. The fourth-order valence-electron chi connectivity index (χ4n) is 1.77. The molecule has 1 amide bonds. The number of rotatable bonds is 6. The number of aryl methyl sites for hydroxylation is 1. The second-order valence-electron chi connectivity index (χ2n) is 4.15. The van der Waals surface area contributed by atoms with Crippen molar-refractivity contribution in [1.82, 2.24) is 9.88 Å². The molecule has 0 atom stereocenters. The summed E-state index contributed by atoms with van der Waals surface area (Å²) in [5, 5.41) is 17.8. The van der Waals surface area contributed by atoms with Crippen molar-refractivity contribution in [1.29, 1.82) is 0 Å². The molecule has 0 saturated carbocycles. The summed E-state index contributed by atoms with van der Waals surface area (Å²) in [4.78, 5) is 28.6. The minimum atomic E-state index is -1.07. The summed E-state index contributed by atoms with van der Waals surface area (Å²) < 4.78 is 0. The van der Waals surface area contributed by atoms with Crippen molar-refractivity contribution in [3.8, 4) is 0 Å². The maximum absolute atomic E-state index is 12.2. The van der Waals surface area contributed by atoms with Gasteiger partial charge in [-0.1, -0.05) is 6.92 Å². The first-order chi connectivity index (χ1) is 9.01. The Kier molecular flexibility index (Phi) is 5.44. The molecule has 0 radical (unpaired) electrons. The minimum absolute atomic E-state index is 0.0840. The molecule has 1 aromatic rings. The van der Waals surface area contributed by atoms with Gasteiger partial charge < -0.3 is 15.1 Å². The van der Waals surface area contributed by atoms with Gasteiger partial charge in [0.2, 0.25) is 0 Å². The third-order valence-corrected chi connectivity index (χ3v) is 2.69. The van der Waals surface area contributed by atoms with Crippen LogP contribution in [0.15, 0.2) is 12.1 Å². The lowest BCUT2D eigenvalue weighted by Gasteiger charge is -2.20. The number of aromatic carboxylic acids is 1. The summed E-state index contributed by atoms with van der Waals surface area (Å²) in [5.74, 6) is -1.36. The Balaban J connectivity index is 2.98. The highest BCUT2D eigenvalue weighted by molar-refractivity contribution is 5.94. The quantitative estimate of drug-likeness (QED) is 0.799. The molecule has 19 heavy (non-hydrogen) atoms. The van der Waals surface area contributed by atoms with Crippen molar-refractivity contribution in [2.24, 2.45) is 0 Å². The fourth-order valence-corrected chi connectivity index (χ4v) is 1.77. The molecule has 0 fully saturated rings. The lowest BCUT2D eigenvalue weighted by Crippen LogP contribution is -2.34. The van der Waals surface area contributed by atoms with E-state index >= 15 is 0 Å². The number of pyridine rings is 1. The summed E-state index contributed by atoms with van der Waals surface area (Å²) in [5.41, 5.74) is 0.587. The van der Waals surface area contributed by atoms with Gasteiger partial charge in [0.1, 0.15) is 5.69 Å².